The van der Waals surface area contributed by atoms with Crippen molar-refractivity contribution >= 4 is 17.6 Å². The summed E-state index contributed by atoms with van der Waals surface area (Å²) in [5.74, 6) is -3.56. The fourth-order valence-electron chi connectivity index (χ4n) is 3.97. The number of fused-ring (bicyclic) bond motifs is 1. The lowest BCUT2D eigenvalue weighted by Gasteiger charge is -2.42. The number of aromatic carboxylic acids is 1. The van der Waals surface area contributed by atoms with Crippen LogP contribution in [0.1, 0.15) is 73.7 Å². The third kappa shape index (κ3) is 3.82. The molecule has 3 rings (SSSR count). The van der Waals surface area contributed by atoms with Gasteiger partial charge in [0.25, 0.3) is 5.91 Å². The van der Waals surface area contributed by atoms with Gasteiger partial charge in [-0.3, -0.25) is 10.0 Å². The minimum atomic E-state index is -1.71. The van der Waals surface area contributed by atoms with Gasteiger partial charge in [-0.25, -0.2) is 9.18 Å². The number of hydroxylamine groups is 1. The first-order chi connectivity index (χ1) is 13.8. The van der Waals surface area contributed by atoms with Crippen molar-refractivity contribution < 1.29 is 29.4 Å². The summed E-state index contributed by atoms with van der Waals surface area (Å²) in [6, 6.07) is 8.05. The number of carboxylic acids is 1. The van der Waals surface area contributed by atoms with Crippen LogP contribution in [0.5, 0.6) is 0 Å². The van der Waals surface area contributed by atoms with Crippen molar-refractivity contribution in [3.63, 3.8) is 0 Å². The van der Waals surface area contributed by atoms with Gasteiger partial charge >= 0.3 is 5.97 Å². The minimum absolute atomic E-state index is 0.0140. The monoisotopic (exact) mass is 415 g/mol. The quantitative estimate of drug-likeness (QED) is 0.510. The van der Waals surface area contributed by atoms with Crippen LogP contribution in [-0.4, -0.2) is 27.3 Å². The average Bonchev–Trinajstić information content (AvgIpc) is 2.69. The molecule has 160 valence electrons. The SMILES string of the molecule is CC1(C)CCC(C)(C)c2cc([C@@H](O)C(=O)N(O)c3ccc(C(=O)O)cc3F)ccc21. The third-order valence-corrected chi connectivity index (χ3v) is 6.06. The Kier molecular flexibility index (Phi) is 5.47. The molecule has 1 atom stereocenters. The number of amides is 1. The molecule has 0 unspecified atom stereocenters. The Morgan fingerprint density at radius 2 is 1.60 bits per heavy atom. The van der Waals surface area contributed by atoms with Gasteiger partial charge in [-0.15, -0.1) is 0 Å². The highest BCUT2D eigenvalue weighted by molar-refractivity contribution is 5.96. The number of carbonyl (C=O) groups is 2. The smallest absolute Gasteiger partial charge is 0.335 e. The van der Waals surface area contributed by atoms with Gasteiger partial charge in [0.1, 0.15) is 11.5 Å². The fourth-order valence-corrected chi connectivity index (χ4v) is 3.97. The summed E-state index contributed by atoms with van der Waals surface area (Å²) < 4.78 is 14.2. The maximum Gasteiger partial charge on any atom is 0.335 e. The van der Waals surface area contributed by atoms with Gasteiger partial charge in [-0.1, -0.05) is 45.9 Å². The first-order valence-corrected chi connectivity index (χ1v) is 9.74. The molecule has 0 aliphatic heterocycles. The van der Waals surface area contributed by atoms with Gasteiger partial charge in [-0.05, 0) is 58.6 Å². The van der Waals surface area contributed by atoms with E-state index < -0.39 is 29.5 Å². The number of carbonyl (C=O) groups excluding carboxylic acids is 1. The van der Waals surface area contributed by atoms with Crippen molar-refractivity contribution in [1.29, 1.82) is 0 Å². The molecule has 1 aliphatic rings. The molecule has 30 heavy (non-hydrogen) atoms. The number of anilines is 1. The van der Waals surface area contributed by atoms with Gasteiger partial charge < -0.3 is 10.2 Å². The zero-order valence-corrected chi connectivity index (χ0v) is 17.4. The number of carboxylic acid groups (broad SMARTS) is 1. The molecule has 7 heteroatoms. The van der Waals surface area contributed by atoms with E-state index >= 15 is 0 Å². The molecule has 0 heterocycles. The average molecular weight is 415 g/mol. The van der Waals surface area contributed by atoms with E-state index in [9.17, 15) is 24.3 Å². The number of benzene rings is 2. The highest BCUT2D eigenvalue weighted by atomic mass is 19.1. The number of aliphatic hydroxyl groups excluding tert-OH is 1. The Morgan fingerprint density at radius 3 is 2.17 bits per heavy atom. The first kappa shape index (κ1) is 21.9. The second-order valence-electron chi connectivity index (χ2n) is 9.10. The molecule has 0 spiro atoms. The zero-order chi connectivity index (χ0) is 22.4. The predicted octanol–water partition coefficient (Wildman–Crippen LogP) is 4.33. The van der Waals surface area contributed by atoms with E-state index in [1.807, 2.05) is 6.07 Å². The second-order valence-corrected chi connectivity index (χ2v) is 9.10. The number of aliphatic hydroxyl groups is 1. The summed E-state index contributed by atoms with van der Waals surface area (Å²) >= 11 is 0. The molecule has 0 radical (unpaired) electrons. The van der Waals surface area contributed by atoms with Crippen molar-refractivity contribution in [2.24, 2.45) is 0 Å². The van der Waals surface area contributed by atoms with Gasteiger partial charge in [0, 0.05) is 0 Å². The molecule has 0 saturated carbocycles. The van der Waals surface area contributed by atoms with Crippen LogP contribution in [0.3, 0.4) is 0 Å². The van der Waals surface area contributed by atoms with E-state index in [4.69, 9.17) is 5.11 Å². The van der Waals surface area contributed by atoms with Gasteiger partial charge in [0.15, 0.2) is 6.10 Å². The lowest BCUT2D eigenvalue weighted by atomic mass is 9.63. The zero-order valence-electron chi connectivity index (χ0n) is 17.4. The Morgan fingerprint density at radius 1 is 1.00 bits per heavy atom. The molecular formula is C23H26FNO5. The second kappa shape index (κ2) is 7.49. The van der Waals surface area contributed by atoms with Crippen LogP contribution in [0.15, 0.2) is 36.4 Å². The van der Waals surface area contributed by atoms with Crippen molar-refractivity contribution in [2.45, 2.75) is 57.5 Å². The van der Waals surface area contributed by atoms with Crippen LogP contribution in [0.25, 0.3) is 0 Å². The van der Waals surface area contributed by atoms with E-state index in [-0.39, 0.29) is 21.5 Å². The van der Waals surface area contributed by atoms with Crippen molar-refractivity contribution in [3.8, 4) is 0 Å². The van der Waals surface area contributed by atoms with Crippen LogP contribution in [0.4, 0.5) is 10.1 Å². The Hall–Kier alpha value is -2.77. The number of hydrogen-bond acceptors (Lipinski definition) is 4. The molecule has 2 aromatic rings. The number of halogens is 1. The molecule has 1 amide bonds. The first-order valence-electron chi connectivity index (χ1n) is 9.74. The highest BCUT2D eigenvalue weighted by Crippen LogP contribution is 2.46. The maximum absolute atomic E-state index is 14.2. The standard InChI is InChI=1S/C23H26FNO5/c1-22(2)9-10-23(3,4)16-11-13(5-7-15(16)22)19(26)20(27)25(30)18-8-6-14(21(28)29)12-17(18)24/h5-8,11-12,19,26,30H,9-10H2,1-4H3,(H,28,29)/t19-/m1/s1. The van der Waals surface area contributed by atoms with Crippen molar-refractivity contribution in [1.82, 2.24) is 0 Å². The molecule has 0 fully saturated rings. The summed E-state index contributed by atoms with van der Waals surface area (Å²) in [4.78, 5) is 23.5. The molecule has 3 N–H and O–H groups in total. The summed E-state index contributed by atoms with van der Waals surface area (Å²) in [6.07, 6.45) is 0.261. The lowest BCUT2D eigenvalue weighted by molar-refractivity contribution is -0.132. The molecule has 2 aromatic carbocycles. The number of nitrogens with zero attached hydrogens (tertiary/aromatic N) is 1. The number of hydrogen-bond donors (Lipinski definition) is 3. The van der Waals surface area contributed by atoms with E-state index in [0.717, 1.165) is 36.1 Å². The topological polar surface area (TPSA) is 98.1 Å². The van der Waals surface area contributed by atoms with Crippen LogP contribution in [0.2, 0.25) is 0 Å². The molecule has 6 nitrogen and oxygen atoms in total. The number of rotatable bonds is 4. The van der Waals surface area contributed by atoms with Crippen molar-refractivity contribution in [3.05, 3.63) is 64.5 Å². The van der Waals surface area contributed by atoms with Crippen LogP contribution in [-0.2, 0) is 15.6 Å². The summed E-state index contributed by atoms with van der Waals surface area (Å²) in [7, 11) is 0. The summed E-state index contributed by atoms with van der Waals surface area (Å²) in [5.41, 5.74) is 1.45. The van der Waals surface area contributed by atoms with E-state index in [1.54, 1.807) is 12.1 Å². The maximum atomic E-state index is 14.2. The lowest BCUT2D eigenvalue weighted by Crippen LogP contribution is -2.35. The van der Waals surface area contributed by atoms with Crippen LogP contribution >= 0.6 is 0 Å². The molecular weight excluding hydrogens is 389 g/mol. The van der Waals surface area contributed by atoms with E-state index in [2.05, 4.69) is 27.7 Å². The third-order valence-electron chi connectivity index (χ3n) is 6.06. The Balaban J connectivity index is 1.92. The Bertz CT molecular complexity index is 1010. The van der Waals surface area contributed by atoms with Crippen LogP contribution in [0, 0.1) is 5.82 Å². The van der Waals surface area contributed by atoms with Gasteiger partial charge in [0.2, 0.25) is 0 Å². The summed E-state index contributed by atoms with van der Waals surface area (Å²) in [5, 5.41) is 29.7. The van der Waals surface area contributed by atoms with Crippen LogP contribution < -0.4 is 5.06 Å². The van der Waals surface area contributed by atoms with Gasteiger partial charge in [-0.2, -0.15) is 5.06 Å². The summed E-state index contributed by atoms with van der Waals surface area (Å²) in [6.45, 7) is 8.52. The van der Waals surface area contributed by atoms with E-state index in [0.29, 0.717) is 11.6 Å². The van der Waals surface area contributed by atoms with Gasteiger partial charge in [0.05, 0.1) is 5.56 Å². The van der Waals surface area contributed by atoms with E-state index in [1.165, 1.54) is 0 Å². The highest BCUT2D eigenvalue weighted by Gasteiger charge is 2.38. The molecule has 0 bridgehead atoms. The molecule has 0 aromatic heterocycles. The van der Waals surface area contributed by atoms with Crippen molar-refractivity contribution in [2.75, 3.05) is 5.06 Å². The normalized spacial score (nSPS) is 17.7. The minimum Gasteiger partial charge on any atom is -0.478 e. The largest absolute Gasteiger partial charge is 0.478 e. The molecule has 1 aliphatic carbocycles. The Labute approximate surface area is 174 Å². The molecule has 0 saturated heterocycles. The fraction of sp³-hybridized carbons (Fsp3) is 0.391. The predicted molar refractivity (Wildman–Crippen MR) is 109 cm³/mol.